The van der Waals surface area contributed by atoms with Crippen LogP contribution >= 0.6 is 0 Å². The molecule has 2 heteroatoms. The fourth-order valence-electron chi connectivity index (χ4n) is 1.96. The summed E-state index contributed by atoms with van der Waals surface area (Å²) in [5, 5.41) is 9.05. The molecular formula is C12H19NO. The van der Waals surface area contributed by atoms with Crippen molar-refractivity contribution in [3.05, 3.63) is 23.4 Å². The molecule has 14 heavy (non-hydrogen) atoms. The Hall–Kier alpha value is -0.890. The summed E-state index contributed by atoms with van der Waals surface area (Å²) in [6.07, 6.45) is 4.80. The van der Waals surface area contributed by atoms with Gasteiger partial charge in [0.25, 0.3) is 0 Å². The number of hydrogen-bond donors (Lipinski definition) is 1. The molecule has 78 valence electrons. The zero-order valence-corrected chi connectivity index (χ0v) is 9.08. The summed E-state index contributed by atoms with van der Waals surface area (Å²) in [7, 11) is 0. The van der Waals surface area contributed by atoms with Crippen LogP contribution in [-0.2, 0) is 0 Å². The predicted octanol–water partition coefficient (Wildman–Crippen LogP) is 2.70. The lowest BCUT2D eigenvalue weighted by atomic mass is 9.82. The minimum atomic E-state index is 0.280. The maximum atomic E-state index is 9.05. The Kier molecular flexibility index (Phi) is 4.08. The lowest BCUT2D eigenvalue weighted by Gasteiger charge is -2.25. The van der Waals surface area contributed by atoms with E-state index in [1.807, 2.05) is 20.1 Å². The van der Waals surface area contributed by atoms with Crippen LogP contribution in [0.3, 0.4) is 0 Å². The number of aliphatic hydroxyl groups is 1. The van der Waals surface area contributed by atoms with Gasteiger partial charge in [-0.3, -0.25) is 4.99 Å². The molecule has 0 amide bonds. The van der Waals surface area contributed by atoms with E-state index in [9.17, 15) is 0 Å². The van der Waals surface area contributed by atoms with Gasteiger partial charge in [0.15, 0.2) is 0 Å². The van der Waals surface area contributed by atoms with Crippen LogP contribution < -0.4 is 0 Å². The third-order valence-electron chi connectivity index (χ3n) is 2.78. The number of allylic oxidation sites excluding steroid dienone is 3. The van der Waals surface area contributed by atoms with E-state index in [4.69, 9.17) is 5.11 Å². The van der Waals surface area contributed by atoms with Crippen molar-refractivity contribution in [2.75, 3.05) is 6.61 Å². The van der Waals surface area contributed by atoms with E-state index in [0.717, 1.165) is 30.5 Å². The molecule has 1 aliphatic carbocycles. The highest BCUT2D eigenvalue weighted by Crippen LogP contribution is 2.33. The van der Waals surface area contributed by atoms with Gasteiger partial charge in [0, 0.05) is 18.5 Å². The monoisotopic (exact) mass is 193 g/mol. The average molecular weight is 193 g/mol. The van der Waals surface area contributed by atoms with Gasteiger partial charge in [-0.05, 0) is 50.2 Å². The van der Waals surface area contributed by atoms with Crippen molar-refractivity contribution in [1.82, 2.24) is 0 Å². The van der Waals surface area contributed by atoms with Crippen molar-refractivity contribution in [3.8, 4) is 0 Å². The van der Waals surface area contributed by atoms with Gasteiger partial charge in [0.2, 0.25) is 0 Å². The molecule has 0 radical (unpaired) electrons. The molecule has 2 nitrogen and oxygen atoms in total. The lowest BCUT2D eigenvalue weighted by molar-refractivity contribution is 0.213. The summed E-state index contributed by atoms with van der Waals surface area (Å²) in [5.41, 5.74) is 3.51. The van der Waals surface area contributed by atoms with Crippen LogP contribution in [0.2, 0.25) is 0 Å². The molecule has 1 saturated carbocycles. The smallest absolute Gasteiger partial charge is 0.0462 e. The van der Waals surface area contributed by atoms with Crippen molar-refractivity contribution >= 4 is 6.21 Å². The van der Waals surface area contributed by atoms with Crippen LogP contribution in [-0.4, -0.2) is 17.9 Å². The quantitative estimate of drug-likeness (QED) is 0.672. The largest absolute Gasteiger partial charge is 0.396 e. The summed E-state index contributed by atoms with van der Waals surface area (Å²) in [6.45, 7) is 8.28. The Labute approximate surface area is 86.1 Å². The highest BCUT2D eigenvalue weighted by atomic mass is 16.3. The van der Waals surface area contributed by atoms with E-state index in [1.165, 1.54) is 5.57 Å². The summed E-state index contributed by atoms with van der Waals surface area (Å²) >= 11 is 0. The van der Waals surface area contributed by atoms with Gasteiger partial charge in [-0.1, -0.05) is 6.58 Å². The number of hydrogen-bond acceptors (Lipinski definition) is 2. The van der Waals surface area contributed by atoms with E-state index in [1.54, 1.807) is 0 Å². The SMILES string of the molecule is C=C1CC(CO)CC/C1=C(\C)N=CC. The topological polar surface area (TPSA) is 32.6 Å². The lowest BCUT2D eigenvalue weighted by Crippen LogP contribution is -2.14. The molecule has 1 N–H and O–H groups in total. The van der Waals surface area contributed by atoms with Crippen molar-refractivity contribution in [2.24, 2.45) is 10.9 Å². The fourth-order valence-corrected chi connectivity index (χ4v) is 1.96. The highest BCUT2D eigenvalue weighted by Gasteiger charge is 2.20. The van der Waals surface area contributed by atoms with Crippen molar-refractivity contribution in [3.63, 3.8) is 0 Å². The number of nitrogens with zero attached hydrogens (tertiary/aromatic N) is 1. The Bertz CT molecular complexity index is 276. The second-order valence-electron chi connectivity index (χ2n) is 3.85. The zero-order valence-electron chi connectivity index (χ0n) is 9.08. The van der Waals surface area contributed by atoms with Gasteiger partial charge in [0.1, 0.15) is 0 Å². The zero-order chi connectivity index (χ0) is 10.6. The van der Waals surface area contributed by atoms with E-state index in [0.29, 0.717) is 5.92 Å². The Morgan fingerprint density at radius 3 is 2.93 bits per heavy atom. The minimum Gasteiger partial charge on any atom is -0.396 e. The number of rotatable bonds is 2. The first kappa shape index (κ1) is 11.2. The van der Waals surface area contributed by atoms with E-state index in [-0.39, 0.29) is 6.61 Å². The molecule has 1 fully saturated rings. The maximum Gasteiger partial charge on any atom is 0.0462 e. The predicted molar refractivity (Wildman–Crippen MR) is 60.4 cm³/mol. The standard InChI is InChI=1S/C12H19NO/c1-4-13-10(3)12-6-5-11(8-14)7-9(12)2/h4,11,14H,2,5-8H2,1,3H3/b12-10-,13-4?. The Morgan fingerprint density at radius 1 is 1.71 bits per heavy atom. The van der Waals surface area contributed by atoms with Gasteiger partial charge >= 0.3 is 0 Å². The first-order chi connectivity index (χ1) is 6.69. The normalized spacial score (nSPS) is 27.1. The third kappa shape index (κ3) is 2.55. The van der Waals surface area contributed by atoms with Crippen LogP contribution in [0.5, 0.6) is 0 Å². The fraction of sp³-hybridized carbons (Fsp3) is 0.583. The molecule has 0 saturated heterocycles. The summed E-state index contributed by atoms with van der Waals surface area (Å²) in [4.78, 5) is 4.28. The summed E-state index contributed by atoms with van der Waals surface area (Å²) in [5.74, 6) is 0.407. The van der Waals surface area contributed by atoms with Gasteiger partial charge in [-0.25, -0.2) is 0 Å². The van der Waals surface area contributed by atoms with Crippen molar-refractivity contribution in [1.29, 1.82) is 0 Å². The van der Waals surface area contributed by atoms with Gasteiger partial charge in [0.05, 0.1) is 0 Å². The number of aliphatic imine (C=N–C) groups is 1. The van der Waals surface area contributed by atoms with Gasteiger partial charge in [-0.2, -0.15) is 0 Å². The highest BCUT2D eigenvalue weighted by molar-refractivity contribution is 5.56. The Balaban J connectivity index is 2.76. The molecule has 0 aliphatic heterocycles. The van der Waals surface area contributed by atoms with E-state index >= 15 is 0 Å². The van der Waals surface area contributed by atoms with Crippen molar-refractivity contribution < 1.29 is 5.11 Å². The summed E-state index contributed by atoms with van der Waals surface area (Å²) in [6, 6.07) is 0. The van der Waals surface area contributed by atoms with Crippen LogP contribution in [0, 0.1) is 5.92 Å². The number of aliphatic hydroxyl groups excluding tert-OH is 1. The molecule has 0 spiro atoms. The molecule has 0 heterocycles. The molecule has 0 aromatic carbocycles. The van der Waals surface area contributed by atoms with Crippen LogP contribution in [0.4, 0.5) is 0 Å². The molecule has 1 rings (SSSR count). The molecule has 1 atom stereocenters. The first-order valence-electron chi connectivity index (χ1n) is 5.16. The molecule has 0 bridgehead atoms. The second-order valence-corrected chi connectivity index (χ2v) is 3.85. The van der Waals surface area contributed by atoms with Crippen LogP contribution in [0.25, 0.3) is 0 Å². The molecule has 0 aromatic heterocycles. The Morgan fingerprint density at radius 2 is 2.43 bits per heavy atom. The average Bonchev–Trinajstić information content (AvgIpc) is 2.17. The van der Waals surface area contributed by atoms with Gasteiger partial charge < -0.3 is 5.11 Å². The van der Waals surface area contributed by atoms with Crippen LogP contribution in [0.1, 0.15) is 33.1 Å². The third-order valence-corrected chi connectivity index (χ3v) is 2.78. The maximum absolute atomic E-state index is 9.05. The first-order valence-corrected chi connectivity index (χ1v) is 5.16. The van der Waals surface area contributed by atoms with Crippen molar-refractivity contribution in [2.45, 2.75) is 33.1 Å². The minimum absolute atomic E-state index is 0.280. The van der Waals surface area contributed by atoms with Gasteiger partial charge in [-0.15, -0.1) is 0 Å². The van der Waals surface area contributed by atoms with E-state index < -0.39 is 0 Å². The molecular weight excluding hydrogens is 174 g/mol. The summed E-state index contributed by atoms with van der Waals surface area (Å²) < 4.78 is 0. The van der Waals surface area contributed by atoms with E-state index in [2.05, 4.69) is 11.6 Å². The second kappa shape index (κ2) is 5.11. The molecule has 1 aliphatic rings. The molecule has 0 aromatic rings. The molecule has 1 unspecified atom stereocenters. The van der Waals surface area contributed by atoms with Crippen LogP contribution in [0.15, 0.2) is 28.4 Å².